The van der Waals surface area contributed by atoms with E-state index < -0.39 is 0 Å². The van der Waals surface area contributed by atoms with Gasteiger partial charge >= 0.3 is 0 Å². The van der Waals surface area contributed by atoms with Crippen molar-refractivity contribution in [2.75, 3.05) is 18.5 Å². The van der Waals surface area contributed by atoms with Crippen LogP contribution < -0.4 is 10.6 Å². The summed E-state index contributed by atoms with van der Waals surface area (Å²) in [5.74, 6) is 1.45. The summed E-state index contributed by atoms with van der Waals surface area (Å²) < 4.78 is 0. The molecule has 1 aromatic heterocycles. The van der Waals surface area contributed by atoms with Gasteiger partial charge in [0, 0.05) is 32.0 Å². The third-order valence-electron chi connectivity index (χ3n) is 3.80. The molecule has 0 radical (unpaired) electrons. The number of nitrogens with two attached hydrogens (primary N) is 1. The van der Waals surface area contributed by atoms with Crippen LogP contribution in [0.2, 0.25) is 0 Å². The average molecular weight is 234 g/mol. The summed E-state index contributed by atoms with van der Waals surface area (Å²) in [5, 5.41) is 0. The van der Waals surface area contributed by atoms with Crippen molar-refractivity contribution < 1.29 is 0 Å². The highest BCUT2D eigenvalue weighted by Gasteiger charge is 2.18. The van der Waals surface area contributed by atoms with Crippen LogP contribution in [0.5, 0.6) is 0 Å². The molecule has 4 heteroatoms. The van der Waals surface area contributed by atoms with E-state index in [2.05, 4.69) is 16.9 Å². The van der Waals surface area contributed by atoms with Crippen molar-refractivity contribution in [1.82, 2.24) is 9.97 Å². The molecule has 2 rings (SSSR count). The molecule has 0 saturated heterocycles. The monoisotopic (exact) mass is 234 g/mol. The Hall–Kier alpha value is -1.16. The summed E-state index contributed by atoms with van der Waals surface area (Å²) in [6, 6.07) is 0.271. The molecule has 94 valence electrons. The summed E-state index contributed by atoms with van der Waals surface area (Å²) in [6.07, 6.45) is 9.23. The molecule has 17 heavy (non-hydrogen) atoms. The summed E-state index contributed by atoms with van der Waals surface area (Å²) in [4.78, 5) is 10.9. The minimum Gasteiger partial charge on any atom is -0.340 e. The second-order valence-electron chi connectivity index (χ2n) is 4.99. The maximum Gasteiger partial charge on any atom is 0.225 e. The number of anilines is 1. The Morgan fingerprint density at radius 1 is 1.35 bits per heavy atom. The Bertz CT molecular complexity index is 343. The van der Waals surface area contributed by atoms with E-state index >= 15 is 0 Å². The molecule has 0 amide bonds. The maximum atomic E-state index is 5.64. The Kier molecular flexibility index (Phi) is 3.94. The molecule has 0 aliphatic heterocycles. The predicted octanol–water partition coefficient (Wildman–Crippen LogP) is 1.92. The molecule has 2 N–H and O–H groups in total. The lowest BCUT2D eigenvalue weighted by Gasteiger charge is -2.23. The molecule has 0 aromatic carbocycles. The average Bonchev–Trinajstić information content (AvgIpc) is 2.91. The van der Waals surface area contributed by atoms with E-state index in [0.717, 1.165) is 5.95 Å². The van der Waals surface area contributed by atoms with E-state index in [1.165, 1.54) is 31.2 Å². The minimum atomic E-state index is 0.271. The third-order valence-corrected chi connectivity index (χ3v) is 3.80. The van der Waals surface area contributed by atoms with Gasteiger partial charge in [-0.15, -0.1) is 0 Å². The van der Waals surface area contributed by atoms with Crippen LogP contribution in [0.25, 0.3) is 0 Å². The van der Waals surface area contributed by atoms with Gasteiger partial charge in [0.15, 0.2) is 0 Å². The highest BCUT2D eigenvalue weighted by molar-refractivity contribution is 5.31. The number of likely N-dealkylation sites (N-methyl/N-ethyl adjacent to an activating group) is 1. The first-order valence-corrected chi connectivity index (χ1v) is 6.47. The SMILES string of the molecule is CC(CN)N(C)c1ncc(C2CCCC2)cn1. The molecule has 0 bridgehead atoms. The molecule has 1 atom stereocenters. The van der Waals surface area contributed by atoms with Gasteiger partial charge in [-0.3, -0.25) is 0 Å². The van der Waals surface area contributed by atoms with E-state index in [4.69, 9.17) is 5.73 Å². The lowest BCUT2D eigenvalue weighted by Crippen LogP contribution is -2.36. The summed E-state index contributed by atoms with van der Waals surface area (Å²) >= 11 is 0. The van der Waals surface area contributed by atoms with Crippen LogP contribution in [-0.2, 0) is 0 Å². The van der Waals surface area contributed by atoms with Crippen molar-refractivity contribution in [1.29, 1.82) is 0 Å². The van der Waals surface area contributed by atoms with Gasteiger partial charge in [-0.05, 0) is 31.2 Å². The van der Waals surface area contributed by atoms with Crippen molar-refractivity contribution in [3.8, 4) is 0 Å². The van der Waals surface area contributed by atoms with Crippen LogP contribution in [0, 0.1) is 0 Å². The molecular weight excluding hydrogens is 212 g/mol. The van der Waals surface area contributed by atoms with E-state index in [1.807, 2.05) is 24.3 Å². The molecule has 1 unspecified atom stereocenters. The van der Waals surface area contributed by atoms with Gasteiger partial charge < -0.3 is 10.6 Å². The number of hydrogen-bond acceptors (Lipinski definition) is 4. The van der Waals surface area contributed by atoms with Crippen LogP contribution in [0.1, 0.15) is 44.1 Å². The number of aromatic nitrogens is 2. The standard InChI is InChI=1S/C13H22N4/c1-10(7-14)17(2)13-15-8-12(9-16-13)11-5-3-4-6-11/h8-11H,3-7,14H2,1-2H3. The molecule has 1 aromatic rings. The van der Waals surface area contributed by atoms with E-state index in [1.54, 1.807) is 0 Å². The molecule has 1 saturated carbocycles. The summed E-state index contributed by atoms with van der Waals surface area (Å²) in [5.41, 5.74) is 6.93. The van der Waals surface area contributed by atoms with Gasteiger partial charge in [-0.25, -0.2) is 9.97 Å². The number of hydrogen-bond donors (Lipinski definition) is 1. The topological polar surface area (TPSA) is 55.0 Å². The van der Waals surface area contributed by atoms with Gasteiger partial charge in [-0.2, -0.15) is 0 Å². The zero-order valence-corrected chi connectivity index (χ0v) is 10.8. The molecule has 0 spiro atoms. The second-order valence-corrected chi connectivity index (χ2v) is 4.99. The van der Waals surface area contributed by atoms with Crippen LogP contribution in [0.15, 0.2) is 12.4 Å². The van der Waals surface area contributed by atoms with Crippen molar-refractivity contribution in [3.05, 3.63) is 18.0 Å². The van der Waals surface area contributed by atoms with Crippen molar-refractivity contribution in [3.63, 3.8) is 0 Å². The molecule has 1 fully saturated rings. The normalized spacial score (nSPS) is 18.3. The lowest BCUT2D eigenvalue weighted by atomic mass is 10.0. The molecular formula is C13H22N4. The largest absolute Gasteiger partial charge is 0.340 e. The lowest BCUT2D eigenvalue weighted by molar-refractivity contribution is 0.670. The quantitative estimate of drug-likeness (QED) is 0.864. The first-order chi connectivity index (χ1) is 8.22. The highest BCUT2D eigenvalue weighted by Crippen LogP contribution is 2.33. The Balaban J connectivity index is 2.06. The Morgan fingerprint density at radius 2 is 1.94 bits per heavy atom. The van der Waals surface area contributed by atoms with Crippen molar-refractivity contribution >= 4 is 5.95 Å². The zero-order valence-electron chi connectivity index (χ0n) is 10.8. The fourth-order valence-electron chi connectivity index (χ4n) is 2.34. The van der Waals surface area contributed by atoms with Crippen molar-refractivity contribution in [2.24, 2.45) is 5.73 Å². The van der Waals surface area contributed by atoms with Crippen molar-refractivity contribution in [2.45, 2.75) is 44.6 Å². The smallest absolute Gasteiger partial charge is 0.225 e. The summed E-state index contributed by atoms with van der Waals surface area (Å²) in [6.45, 7) is 2.69. The Morgan fingerprint density at radius 3 is 2.47 bits per heavy atom. The van der Waals surface area contributed by atoms with E-state index in [0.29, 0.717) is 12.5 Å². The second kappa shape index (κ2) is 5.45. The molecule has 1 heterocycles. The minimum absolute atomic E-state index is 0.271. The third kappa shape index (κ3) is 2.75. The van der Waals surface area contributed by atoms with E-state index in [-0.39, 0.29) is 6.04 Å². The molecule has 1 aliphatic rings. The summed E-state index contributed by atoms with van der Waals surface area (Å²) in [7, 11) is 1.99. The van der Waals surface area contributed by atoms with Gasteiger partial charge in [0.05, 0.1) is 0 Å². The highest BCUT2D eigenvalue weighted by atomic mass is 15.2. The predicted molar refractivity (Wildman–Crippen MR) is 70.2 cm³/mol. The van der Waals surface area contributed by atoms with Crippen LogP contribution in [0.3, 0.4) is 0 Å². The molecule has 4 nitrogen and oxygen atoms in total. The first kappa shape index (κ1) is 12.3. The Labute approximate surface area is 103 Å². The van der Waals surface area contributed by atoms with Crippen LogP contribution >= 0.6 is 0 Å². The number of rotatable bonds is 4. The van der Waals surface area contributed by atoms with Gasteiger partial charge in [0.2, 0.25) is 5.95 Å². The zero-order chi connectivity index (χ0) is 12.3. The maximum absolute atomic E-state index is 5.64. The van der Waals surface area contributed by atoms with Gasteiger partial charge in [-0.1, -0.05) is 12.8 Å². The van der Waals surface area contributed by atoms with Crippen LogP contribution in [-0.4, -0.2) is 29.6 Å². The fraction of sp³-hybridized carbons (Fsp3) is 0.692. The van der Waals surface area contributed by atoms with E-state index in [9.17, 15) is 0 Å². The molecule has 1 aliphatic carbocycles. The van der Waals surface area contributed by atoms with Gasteiger partial charge in [0.1, 0.15) is 0 Å². The van der Waals surface area contributed by atoms with Gasteiger partial charge in [0.25, 0.3) is 0 Å². The first-order valence-electron chi connectivity index (χ1n) is 6.47. The fourth-order valence-corrected chi connectivity index (χ4v) is 2.34. The van der Waals surface area contributed by atoms with Crippen LogP contribution in [0.4, 0.5) is 5.95 Å². The number of nitrogens with zero attached hydrogens (tertiary/aromatic N) is 3.